The van der Waals surface area contributed by atoms with Gasteiger partial charge in [-0.3, -0.25) is 33.6 Å². The van der Waals surface area contributed by atoms with E-state index >= 15 is 0 Å². The summed E-state index contributed by atoms with van der Waals surface area (Å²) in [6.07, 6.45) is 0.543. The second-order valence-corrected chi connectivity index (χ2v) is 14.5. The van der Waals surface area contributed by atoms with Gasteiger partial charge in [-0.1, -0.05) is 34.6 Å². The average Bonchev–Trinajstić information content (AvgIpc) is 3.06. The Morgan fingerprint density at radius 1 is 0.712 bits per heavy atom. The Kier molecular flexibility index (Phi) is 19.5. The molecular formula is C35H63N7O10. The molecular weight excluding hydrogens is 678 g/mol. The largest absolute Gasteiger partial charge is 0.479 e. The number of carboxylic acids is 1. The van der Waals surface area contributed by atoms with E-state index in [9.17, 15) is 43.5 Å². The summed E-state index contributed by atoms with van der Waals surface area (Å²) in [6.45, 7) is 15.1. The summed E-state index contributed by atoms with van der Waals surface area (Å²) in [5, 5.41) is 20.2. The highest BCUT2D eigenvalue weighted by Gasteiger charge is 2.43. The predicted octanol–water partition coefficient (Wildman–Crippen LogP) is 0.110. The van der Waals surface area contributed by atoms with Crippen LogP contribution in [0.1, 0.15) is 88.0 Å². The Morgan fingerprint density at radius 3 is 1.63 bits per heavy atom. The fourth-order valence-corrected chi connectivity index (χ4v) is 5.29. The number of likely N-dealkylation sites (N-methyl/N-ethyl adjacent to an activating group) is 4. The number of amides is 7. The second-order valence-electron chi connectivity index (χ2n) is 14.5. The minimum absolute atomic E-state index is 0.0163. The number of nitrogens with one attached hydrogen (secondary N) is 4. The van der Waals surface area contributed by atoms with E-state index in [2.05, 4.69) is 21.3 Å². The number of hydrogen-bond acceptors (Lipinski definition) is 9. The Bertz CT molecular complexity index is 1290. The molecule has 0 rings (SSSR count). The van der Waals surface area contributed by atoms with Crippen molar-refractivity contribution in [3.63, 3.8) is 0 Å². The topological polar surface area (TPSA) is 224 Å². The number of nitrogens with zero attached hydrogens (tertiary/aromatic N) is 3. The monoisotopic (exact) mass is 741 g/mol. The van der Waals surface area contributed by atoms with Gasteiger partial charge in [0.25, 0.3) is 5.91 Å². The van der Waals surface area contributed by atoms with Gasteiger partial charge in [0.05, 0.1) is 5.60 Å². The Labute approximate surface area is 308 Å². The molecule has 5 N–H and O–H groups in total. The van der Waals surface area contributed by atoms with E-state index in [1.165, 1.54) is 54.0 Å². The molecule has 0 radical (unpaired) electrons. The molecule has 52 heavy (non-hydrogen) atoms. The maximum atomic E-state index is 14.1. The molecule has 0 aromatic carbocycles. The molecule has 0 fully saturated rings. The van der Waals surface area contributed by atoms with Gasteiger partial charge in [-0.15, -0.1) is 0 Å². The third-order valence-electron chi connectivity index (χ3n) is 8.86. The number of carboxylic acid groups (broad SMARTS) is 1. The summed E-state index contributed by atoms with van der Waals surface area (Å²) in [5.74, 6) is -6.80. The summed E-state index contributed by atoms with van der Waals surface area (Å²) >= 11 is 0. The van der Waals surface area contributed by atoms with Crippen molar-refractivity contribution < 1.29 is 48.2 Å². The number of rotatable bonds is 21. The number of methoxy groups -OCH3 is 1. The molecule has 0 bridgehead atoms. The van der Waals surface area contributed by atoms with E-state index in [1.807, 2.05) is 13.8 Å². The molecule has 0 heterocycles. The molecule has 7 amide bonds. The molecule has 0 aromatic heterocycles. The highest BCUT2D eigenvalue weighted by atomic mass is 16.5. The number of carbonyl (C=O) groups is 8. The summed E-state index contributed by atoms with van der Waals surface area (Å²) in [6, 6.07) is -7.42. The first-order valence-corrected chi connectivity index (χ1v) is 17.6. The van der Waals surface area contributed by atoms with E-state index in [-0.39, 0.29) is 25.2 Å². The predicted molar refractivity (Wildman–Crippen MR) is 193 cm³/mol. The molecule has 17 nitrogen and oxygen atoms in total. The van der Waals surface area contributed by atoms with Crippen LogP contribution >= 0.6 is 0 Å². The van der Waals surface area contributed by atoms with Gasteiger partial charge in [0.1, 0.15) is 30.2 Å². The van der Waals surface area contributed by atoms with Gasteiger partial charge in [-0.25, -0.2) is 4.79 Å². The quantitative estimate of drug-likeness (QED) is 0.0999. The van der Waals surface area contributed by atoms with Gasteiger partial charge in [0.2, 0.25) is 41.5 Å². The maximum Gasteiger partial charge on any atom is 0.336 e. The first kappa shape index (κ1) is 47.7. The lowest BCUT2D eigenvalue weighted by Gasteiger charge is -2.38. The first-order chi connectivity index (χ1) is 23.9. The van der Waals surface area contributed by atoms with Gasteiger partial charge >= 0.3 is 5.97 Å². The summed E-state index contributed by atoms with van der Waals surface area (Å²) in [4.78, 5) is 108. The van der Waals surface area contributed by atoms with E-state index in [1.54, 1.807) is 34.6 Å². The van der Waals surface area contributed by atoms with Crippen LogP contribution in [-0.2, 0) is 43.1 Å². The maximum absolute atomic E-state index is 14.1. The second kappa shape index (κ2) is 21.3. The zero-order valence-corrected chi connectivity index (χ0v) is 33.4. The van der Waals surface area contributed by atoms with Crippen molar-refractivity contribution in [3.05, 3.63) is 0 Å². The smallest absolute Gasteiger partial charge is 0.336 e. The Balaban J connectivity index is 6.52. The van der Waals surface area contributed by atoms with Crippen LogP contribution in [-0.4, -0.2) is 144 Å². The van der Waals surface area contributed by atoms with E-state index in [0.717, 1.165) is 9.80 Å². The molecule has 298 valence electrons. The lowest BCUT2D eigenvalue weighted by molar-refractivity contribution is -0.160. The van der Waals surface area contributed by atoms with Crippen LogP contribution in [0.4, 0.5) is 0 Å². The van der Waals surface area contributed by atoms with Gasteiger partial charge in [0, 0.05) is 48.1 Å². The van der Waals surface area contributed by atoms with Gasteiger partial charge in [-0.2, -0.15) is 0 Å². The summed E-state index contributed by atoms with van der Waals surface area (Å²) in [5.41, 5.74) is -0.991. The van der Waals surface area contributed by atoms with Gasteiger partial charge in [0.15, 0.2) is 0 Å². The molecule has 0 aromatic rings. The van der Waals surface area contributed by atoms with Crippen LogP contribution in [0.15, 0.2) is 0 Å². The summed E-state index contributed by atoms with van der Waals surface area (Å²) in [7, 11) is 6.72. The van der Waals surface area contributed by atoms with Crippen LogP contribution in [0, 0.1) is 11.8 Å². The van der Waals surface area contributed by atoms with Crippen LogP contribution in [0.2, 0.25) is 0 Å². The first-order valence-electron chi connectivity index (χ1n) is 17.6. The molecule has 0 aliphatic carbocycles. The highest BCUT2D eigenvalue weighted by Crippen LogP contribution is 2.22. The zero-order valence-electron chi connectivity index (χ0n) is 33.4. The van der Waals surface area contributed by atoms with Crippen LogP contribution in [0.25, 0.3) is 0 Å². The Morgan fingerprint density at radius 2 is 1.19 bits per heavy atom. The molecule has 1 unspecified atom stereocenters. The van der Waals surface area contributed by atoms with Crippen LogP contribution in [0.3, 0.4) is 0 Å². The molecule has 0 aliphatic rings. The molecule has 0 aliphatic heterocycles. The van der Waals surface area contributed by atoms with Gasteiger partial charge in [-0.05, 0) is 52.4 Å². The van der Waals surface area contributed by atoms with Crippen molar-refractivity contribution in [2.45, 2.75) is 130 Å². The zero-order chi connectivity index (χ0) is 40.8. The van der Waals surface area contributed by atoms with Crippen LogP contribution < -0.4 is 21.3 Å². The van der Waals surface area contributed by atoms with Crippen molar-refractivity contribution in [1.29, 1.82) is 0 Å². The normalized spacial score (nSPS) is 14.9. The molecule has 0 spiro atoms. The molecule has 6 atom stereocenters. The number of carbonyl (C=O) groups excluding carboxylic acids is 7. The lowest BCUT2D eigenvalue weighted by Crippen LogP contribution is -2.62. The van der Waals surface area contributed by atoms with E-state index in [4.69, 9.17) is 4.74 Å². The van der Waals surface area contributed by atoms with E-state index < -0.39 is 95.1 Å². The van der Waals surface area contributed by atoms with Crippen LogP contribution in [0.5, 0.6) is 0 Å². The summed E-state index contributed by atoms with van der Waals surface area (Å²) < 4.78 is 5.53. The minimum atomic E-state index is -1.91. The number of ether oxygens (including phenoxy) is 1. The SMILES string of the molecule is CCCC(=O)N(C)C(C(=O)O)C(=O)N(C)[C@@H](CC(C)(C)OC)C(=O)N[C@H](C(=O)N(C)[C@@H](CC(C)C)C(=O)N[C@H](C)C(=O)N[C@H](C)C(=O)NC)C(C)C. The Hall–Kier alpha value is -4.28. The van der Waals surface area contributed by atoms with Gasteiger partial charge < -0.3 is 45.8 Å². The van der Waals surface area contributed by atoms with Crippen molar-refractivity contribution >= 4 is 47.3 Å². The van der Waals surface area contributed by atoms with E-state index in [0.29, 0.717) is 6.42 Å². The highest BCUT2D eigenvalue weighted by molar-refractivity contribution is 6.05. The van der Waals surface area contributed by atoms with Crippen molar-refractivity contribution in [2.24, 2.45) is 11.8 Å². The van der Waals surface area contributed by atoms with Crippen molar-refractivity contribution in [1.82, 2.24) is 36.0 Å². The fraction of sp³-hybridized carbons (Fsp3) is 0.771. The molecule has 0 saturated heterocycles. The van der Waals surface area contributed by atoms with Crippen molar-refractivity contribution in [2.75, 3.05) is 35.3 Å². The average molecular weight is 742 g/mol. The number of hydrogen-bond donors (Lipinski definition) is 5. The lowest BCUT2D eigenvalue weighted by atomic mass is 9.94. The fourth-order valence-electron chi connectivity index (χ4n) is 5.29. The number of aliphatic carboxylic acids is 1. The van der Waals surface area contributed by atoms with Crippen molar-refractivity contribution in [3.8, 4) is 0 Å². The third-order valence-corrected chi connectivity index (χ3v) is 8.86. The molecule has 17 heteroatoms. The third kappa shape index (κ3) is 14.0. The minimum Gasteiger partial charge on any atom is -0.479 e. The molecule has 0 saturated carbocycles. The standard InChI is InChI=1S/C35H63N7O10/c1-15-16-25(43)42(13)27(34(50)51)33(49)41(12)24(18-35(8,9)52-14)31(47)39-26(20(4)5)32(48)40(11)23(17-19(2)3)30(46)38-22(7)29(45)37-21(6)28(44)36-10/h19-24,26-27H,15-18H2,1-14H3,(H,36,44)(H,37,45)(H,38,46)(H,39,47)(H,50,51)/t21-,22-,23+,24+,26+,27?/m1/s1.